The molecule has 0 N–H and O–H groups in total. The summed E-state index contributed by atoms with van der Waals surface area (Å²) in [6, 6.07) is 19.1. The van der Waals surface area contributed by atoms with Crippen LogP contribution in [0.5, 0.6) is 0 Å². The van der Waals surface area contributed by atoms with Gasteiger partial charge in [0, 0.05) is 35.4 Å². The maximum Gasteiger partial charge on any atom is 0.261 e. The number of hydrogen-bond donors (Lipinski definition) is 0. The maximum atomic E-state index is 13.2. The summed E-state index contributed by atoms with van der Waals surface area (Å²) < 4.78 is 2.07. The van der Waals surface area contributed by atoms with Crippen molar-refractivity contribution in [3.05, 3.63) is 84.4 Å². The fourth-order valence-electron chi connectivity index (χ4n) is 4.00. The smallest absolute Gasteiger partial charge is 0.261 e. The highest BCUT2D eigenvalue weighted by atomic mass is 32.2. The average molecular weight is 414 g/mol. The molecular formula is C24H19N3O2S. The molecule has 0 atom stereocenters. The summed E-state index contributed by atoms with van der Waals surface area (Å²) in [7, 11) is 0. The first-order valence-corrected chi connectivity index (χ1v) is 10.7. The van der Waals surface area contributed by atoms with E-state index in [0.29, 0.717) is 17.7 Å². The molecular weight excluding hydrogens is 394 g/mol. The van der Waals surface area contributed by atoms with E-state index in [0.717, 1.165) is 32.7 Å². The van der Waals surface area contributed by atoms with Crippen LogP contribution in [0.4, 0.5) is 0 Å². The lowest BCUT2D eigenvalue weighted by atomic mass is 9.94. The number of carbonyl (C=O) groups excluding carboxylic acids is 2. The fourth-order valence-corrected chi connectivity index (χ4v) is 4.77. The zero-order chi connectivity index (χ0) is 20.7. The number of thioether (sulfide) groups is 1. The first-order chi connectivity index (χ1) is 14.7. The van der Waals surface area contributed by atoms with Crippen molar-refractivity contribution in [3.8, 4) is 0 Å². The molecule has 30 heavy (non-hydrogen) atoms. The topological polar surface area (TPSA) is 55.2 Å². The van der Waals surface area contributed by atoms with Crippen molar-refractivity contribution in [2.45, 2.75) is 11.7 Å². The highest BCUT2D eigenvalue weighted by Crippen LogP contribution is 2.30. The van der Waals surface area contributed by atoms with Crippen LogP contribution in [0.25, 0.3) is 21.8 Å². The van der Waals surface area contributed by atoms with Gasteiger partial charge in [0.1, 0.15) is 0 Å². The second-order valence-electron chi connectivity index (χ2n) is 7.11. The molecule has 0 spiro atoms. The number of hydrogen-bond acceptors (Lipinski definition) is 4. The molecule has 0 aliphatic carbocycles. The number of amides is 2. The first-order valence-electron chi connectivity index (χ1n) is 9.76. The van der Waals surface area contributed by atoms with Crippen molar-refractivity contribution < 1.29 is 9.59 Å². The zero-order valence-electron chi connectivity index (χ0n) is 16.2. The Morgan fingerprint density at radius 2 is 1.60 bits per heavy atom. The van der Waals surface area contributed by atoms with Crippen LogP contribution >= 0.6 is 11.8 Å². The van der Waals surface area contributed by atoms with E-state index in [9.17, 15) is 9.59 Å². The summed E-state index contributed by atoms with van der Waals surface area (Å²) in [4.78, 5) is 32.4. The maximum absolute atomic E-state index is 13.2. The fraction of sp³-hybridized carbons (Fsp3) is 0.125. The Labute approximate surface area is 178 Å². The Kier molecular flexibility index (Phi) is 4.64. The number of imide groups is 1. The van der Waals surface area contributed by atoms with E-state index in [1.54, 1.807) is 23.9 Å². The molecule has 5 nitrogen and oxygen atoms in total. The van der Waals surface area contributed by atoms with E-state index in [1.807, 2.05) is 54.6 Å². The van der Waals surface area contributed by atoms with Gasteiger partial charge in [-0.2, -0.15) is 0 Å². The predicted molar refractivity (Wildman–Crippen MR) is 120 cm³/mol. The molecule has 0 fully saturated rings. The second-order valence-corrected chi connectivity index (χ2v) is 8.09. The molecule has 2 heterocycles. The van der Waals surface area contributed by atoms with Gasteiger partial charge in [-0.3, -0.25) is 14.5 Å². The van der Waals surface area contributed by atoms with Gasteiger partial charge in [0.15, 0.2) is 5.16 Å². The van der Waals surface area contributed by atoms with Crippen LogP contribution in [-0.4, -0.2) is 38.6 Å². The van der Waals surface area contributed by atoms with Crippen molar-refractivity contribution >= 4 is 45.4 Å². The summed E-state index contributed by atoms with van der Waals surface area (Å²) in [5.74, 6) is 0.253. The number of fused-ring (bicyclic) bond motifs is 1. The minimum atomic E-state index is -0.242. The van der Waals surface area contributed by atoms with Crippen molar-refractivity contribution in [3.63, 3.8) is 0 Å². The molecule has 6 heteroatoms. The molecule has 3 aromatic carbocycles. The van der Waals surface area contributed by atoms with Gasteiger partial charge in [-0.1, -0.05) is 54.2 Å². The number of carbonyl (C=O) groups is 2. The Morgan fingerprint density at radius 3 is 2.30 bits per heavy atom. The monoisotopic (exact) mass is 413 g/mol. The van der Waals surface area contributed by atoms with Gasteiger partial charge in [0.2, 0.25) is 0 Å². The van der Waals surface area contributed by atoms with Gasteiger partial charge in [-0.05, 0) is 29.7 Å². The Balaban J connectivity index is 1.50. The molecule has 0 bridgehead atoms. The summed E-state index contributed by atoms with van der Waals surface area (Å²) in [6.45, 7) is 4.55. The number of para-hydroxylation sites is 2. The molecule has 1 aromatic heterocycles. The molecule has 0 unspecified atom stereocenters. The van der Waals surface area contributed by atoms with Crippen LogP contribution in [0.1, 0.15) is 20.7 Å². The summed E-state index contributed by atoms with van der Waals surface area (Å²) in [5, 5.41) is 2.52. The lowest BCUT2D eigenvalue weighted by Crippen LogP contribution is -2.42. The number of benzene rings is 3. The third-order valence-corrected chi connectivity index (χ3v) is 6.33. The van der Waals surface area contributed by atoms with E-state index < -0.39 is 0 Å². The lowest BCUT2D eigenvalue weighted by molar-refractivity contribution is 0.0604. The van der Waals surface area contributed by atoms with Crippen molar-refractivity contribution in [2.24, 2.45) is 0 Å². The largest absolute Gasteiger partial charge is 0.317 e. The Morgan fingerprint density at radius 1 is 0.900 bits per heavy atom. The number of aromatic nitrogens is 2. The molecule has 1 aliphatic heterocycles. The van der Waals surface area contributed by atoms with Gasteiger partial charge in [0.25, 0.3) is 11.8 Å². The molecule has 5 rings (SSSR count). The second kappa shape index (κ2) is 7.46. The number of imidazole rings is 1. The van der Waals surface area contributed by atoms with Crippen LogP contribution in [-0.2, 0) is 6.54 Å². The minimum absolute atomic E-state index is 0.242. The number of nitrogens with zero attached hydrogens (tertiary/aromatic N) is 3. The molecule has 0 saturated carbocycles. The van der Waals surface area contributed by atoms with Gasteiger partial charge in [-0.25, -0.2) is 4.98 Å². The molecule has 0 saturated heterocycles. The van der Waals surface area contributed by atoms with Crippen LogP contribution in [0.2, 0.25) is 0 Å². The molecule has 148 valence electrons. The van der Waals surface area contributed by atoms with Crippen LogP contribution in [0, 0.1) is 0 Å². The minimum Gasteiger partial charge on any atom is -0.317 e. The highest BCUT2D eigenvalue weighted by molar-refractivity contribution is 7.99. The summed E-state index contributed by atoms with van der Waals surface area (Å²) >= 11 is 1.59. The van der Waals surface area contributed by atoms with E-state index in [-0.39, 0.29) is 18.4 Å². The SMILES string of the molecule is C=CCSc1nc2ccccc2n1CCN1C(=O)c2cccc3cccc(c23)C1=O. The molecule has 1 aliphatic rings. The van der Waals surface area contributed by atoms with Gasteiger partial charge in [-0.15, -0.1) is 6.58 Å². The summed E-state index contributed by atoms with van der Waals surface area (Å²) in [6.07, 6.45) is 1.84. The summed E-state index contributed by atoms with van der Waals surface area (Å²) in [5.41, 5.74) is 3.05. The standard InChI is InChI=1S/C24H19N3O2S/c1-2-15-30-24-25-19-11-3-4-12-20(19)26(24)13-14-27-22(28)17-9-5-7-16-8-6-10-18(21(16)17)23(27)29/h2-12H,1,13-15H2. The zero-order valence-corrected chi connectivity index (χ0v) is 17.1. The molecule has 0 radical (unpaired) electrons. The quantitative estimate of drug-likeness (QED) is 0.260. The van der Waals surface area contributed by atoms with Gasteiger partial charge in [0.05, 0.1) is 11.0 Å². The molecule has 4 aromatic rings. The molecule has 2 amide bonds. The lowest BCUT2D eigenvalue weighted by Gasteiger charge is -2.27. The van der Waals surface area contributed by atoms with Crippen molar-refractivity contribution in [1.29, 1.82) is 0 Å². The van der Waals surface area contributed by atoms with E-state index in [1.165, 1.54) is 4.90 Å². The van der Waals surface area contributed by atoms with Crippen LogP contribution in [0.15, 0.2) is 78.5 Å². The third kappa shape index (κ3) is 2.92. The van der Waals surface area contributed by atoms with Gasteiger partial charge >= 0.3 is 0 Å². The van der Waals surface area contributed by atoms with Crippen LogP contribution < -0.4 is 0 Å². The van der Waals surface area contributed by atoms with E-state index in [2.05, 4.69) is 11.1 Å². The van der Waals surface area contributed by atoms with Crippen molar-refractivity contribution in [2.75, 3.05) is 12.3 Å². The van der Waals surface area contributed by atoms with Crippen LogP contribution in [0.3, 0.4) is 0 Å². The van der Waals surface area contributed by atoms with Crippen molar-refractivity contribution in [1.82, 2.24) is 14.5 Å². The predicted octanol–water partition coefficient (Wildman–Crippen LogP) is 4.76. The Hall–Kier alpha value is -3.38. The average Bonchev–Trinajstić information content (AvgIpc) is 3.13. The highest BCUT2D eigenvalue weighted by Gasteiger charge is 2.32. The third-order valence-electron chi connectivity index (χ3n) is 5.35. The normalized spacial score (nSPS) is 13.4. The Bertz CT molecular complexity index is 1270. The van der Waals surface area contributed by atoms with Gasteiger partial charge < -0.3 is 4.57 Å². The van der Waals surface area contributed by atoms with E-state index in [4.69, 9.17) is 4.98 Å². The first kappa shape index (κ1) is 18.6. The number of rotatable bonds is 6. The van der Waals surface area contributed by atoms with E-state index >= 15 is 0 Å².